The number of aliphatic hydroxyl groups excluding tert-OH is 2. The number of amides is 2. The number of hydroxylamine groups is 2. The molecule has 4 heterocycles. The van der Waals surface area contributed by atoms with Crippen LogP contribution in [-0.2, 0) is 44.7 Å². The van der Waals surface area contributed by atoms with Crippen molar-refractivity contribution in [3.05, 3.63) is 41.7 Å². The Kier molecular flexibility index (Phi) is 7.99. The van der Waals surface area contributed by atoms with E-state index < -0.39 is 47.9 Å². The Labute approximate surface area is 236 Å². The molecule has 13 heteroatoms. The fourth-order valence-electron chi connectivity index (χ4n) is 6.82. The first-order valence-corrected chi connectivity index (χ1v) is 14.0. The van der Waals surface area contributed by atoms with Crippen molar-refractivity contribution in [3.63, 3.8) is 0 Å². The molecule has 2 bridgehead atoms. The summed E-state index contributed by atoms with van der Waals surface area (Å²) in [5.41, 5.74) is 0.409. The summed E-state index contributed by atoms with van der Waals surface area (Å²) in [5, 5.41) is 22.2. The van der Waals surface area contributed by atoms with Crippen LogP contribution >= 0.6 is 0 Å². The number of nitrogens with zero attached hydrogens (tertiary/aromatic N) is 2. The van der Waals surface area contributed by atoms with Crippen molar-refractivity contribution in [1.82, 2.24) is 15.3 Å². The normalized spacial score (nSPS) is 34.1. The number of likely N-dealkylation sites (tertiary alicyclic amines) is 1. The summed E-state index contributed by atoms with van der Waals surface area (Å²) in [7, 11) is 0. The first kappa shape index (κ1) is 28.1. The van der Waals surface area contributed by atoms with E-state index in [-0.39, 0.29) is 57.9 Å². The molecule has 0 aromatic heterocycles. The van der Waals surface area contributed by atoms with E-state index >= 15 is 0 Å². The number of aliphatic hydroxyl groups is 2. The van der Waals surface area contributed by atoms with Crippen LogP contribution in [0.3, 0.4) is 0 Å². The van der Waals surface area contributed by atoms with Gasteiger partial charge in [-0.2, -0.15) is 5.06 Å². The number of rotatable bonds is 10. The zero-order valence-electron chi connectivity index (χ0n) is 22.6. The van der Waals surface area contributed by atoms with E-state index in [2.05, 4.69) is 5.32 Å². The summed E-state index contributed by atoms with van der Waals surface area (Å²) in [4.78, 5) is 49.1. The summed E-state index contributed by atoms with van der Waals surface area (Å²) < 4.78 is 22.7. The van der Waals surface area contributed by atoms with E-state index in [1.165, 1.54) is 11.3 Å². The lowest BCUT2D eigenvalue weighted by Crippen LogP contribution is -2.70. The Balaban J connectivity index is 1.29. The fraction of sp³-hybridized carbons (Fsp3) is 0.607. The lowest BCUT2D eigenvalue weighted by molar-refractivity contribution is -0.204. The number of hydrogen-bond donors (Lipinski definition) is 3. The maximum absolute atomic E-state index is 14.6. The Bertz CT molecular complexity index is 1180. The fourth-order valence-corrected chi connectivity index (χ4v) is 6.82. The van der Waals surface area contributed by atoms with Gasteiger partial charge in [-0.1, -0.05) is 24.3 Å². The largest absolute Gasteiger partial charge is 0.499 e. The molecule has 13 nitrogen and oxygen atoms in total. The molecule has 5 fully saturated rings. The topological polar surface area (TPSA) is 156 Å². The molecule has 1 aliphatic carbocycles. The molecule has 4 saturated heterocycles. The summed E-state index contributed by atoms with van der Waals surface area (Å²) in [6.07, 6.45) is 1.98. The number of carbonyl (C=O) groups excluding carboxylic acids is 3. The Morgan fingerprint density at radius 1 is 1.15 bits per heavy atom. The van der Waals surface area contributed by atoms with Gasteiger partial charge >= 0.3 is 5.97 Å². The average Bonchev–Trinajstić information content (AvgIpc) is 3.73. The minimum Gasteiger partial charge on any atom is -0.499 e. The molecule has 2 amide bonds. The van der Waals surface area contributed by atoms with Gasteiger partial charge in [0.25, 0.3) is 0 Å². The van der Waals surface area contributed by atoms with E-state index in [9.17, 15) is 14.4 Å². The second kappa shape index (κ2) is 11.7. The van der Waals surface area contributed by atoms with Crippen molar-refractivity contribution >= 4 is 23.9 Å². The van der Waals surface area contributed by atoms with E-state index in [1.807, 2.05) is 24.3 Å². The molecule has 6 rings (SSSR count). The average molecular weight is 574 g/mol. The highest BCUT2D eigenvalue weighted by Crippen LogP contribution is 2.56. The Morgan fingerprint density at radius 2 is 1.95 bits per heavy atom. The molecule has 0 radical (unpaired) electrons. The van der Waals surface area contributed by atoms with Crippen LogP contribution in [-0.4, -0.2) is 114 Å². The molecule has 3 N–H and O–H groups in total. The minimum absolute atomic E-state index is 0.00504. The van der Waals surface area contributed by atoms with Crippen LogP contribution in [0.2, 0.25) is 0 Å². The molecular weight excluding hydrogens is 538 g/mol. The third-order valence-corrected chi connectivity index (χ3v) is 8.58. The number of fused-ring (bicyclic) bond motifs is 4. The van der Waals surface area contributed by atoms with Crippen molar-refractivity contribution in [1.29, 1.82) is 0 Å². The number of nitrogens with one attached hydrogen (secondary N) is 1. The van der Waals surface area contributed by atoms with Crippen LogP contribution in [0.4, 0.5) is 0 Å². The molecule has 1 aromatic rings. The Morgan fingerprint density at radius 3 is 2.73 bits per heavy atom. The van der Waals surface area contributed by atoms with Gasteiger partial charge in [-0.05, 0) is 30.0 Å². The van der Waals surface area contributed by atoms with Crippen LogP contribution < -0.4 is 5.32 Å². The molecular formula is C28H35N3O10. The molecule has 1 saturated carbocycles. The molecule has 5 aliphatic rings. The van der Waals surface area contributed by atoms with Crippen molar-refractivity contribution in [2.24, 2.45) is 5.41 Å². The molecule has 1 aromatic carbocycles. The number of ether oxygens (including phenoxy) is 4. The van der Waals surface area contributed by atoms with Gasteiger partial charge in [-0.3, -0.25) is 19.2 Å². The number of benzene rings is 1. The Hall–Kier alpha value is -3.07. The molecule has 222 valence electrons. The molecule has 7 atom stereocenters. The van der Waals surface area contributed by atoms with Crippen LogP contribution in [0.1, 0.15) is 30.4 Å². The first-order chi connectivity index (χ1) is 20.0. The summed E-state index contributed by atoms with van der Waals surface area (Å²) >= 11 is 0. The van der Waals surface area contributed by atoms with Gasteiger partial charge < -0.3 is 39.4 Å². The smallest absolute Gasteiger partial charge is 0.327 e. The minimum atomic E-state index is -1.32. The highest BCUT2D eigenvalue weighted by Gasteiger charge is 2.75. The van der Waals surface area contributed by atoms with Gasteiger partial charge in [0, 0.05) is 19.5 Å². The summed E-state index contributed by atoms with van der Waals surface area (Å²) in [6, 6.07) is 5.82. The van der Waals surface area contributed by atoms with Crippen LogP contribution in [0.15, 0.2) is 30.5 Å². The van der Waals surface area contributed by atoms with E-state index in [0.717, 1.165) is 11.1 Å². The van der Waals surface area contributed by atoms with Crippen molar-refractivity contribution in [2.45, 2.75) is 62.3 Å². The maximum atomic E-state index is 14.6. The predicted molar refractivity (Wildman–Crippen MR) is 139 cm³/mol. The van der Waals surface area contributed by atoms with Gasteiger partial charge in [-0.15, -0.1) is 0 Å². The number of esters is 1. The van der Waals surface area contributed by atoms with Gasteiger partial charge in [0.05, 0.1) is 26.0 Å². The zero-order chi connectivity index (χ0) is 28.6. The van der Waals surface area contributed by atoms with E-state index in [4.69, 9.17) is 34.0 Å². The highest BCUT2D eigenvalue weighted by molar-refractivity contribution is 5.96. The standard InChI is InChI=1S/C28H35N3O10/c32-10-8-29-25(34)19-2-1-9-30(19)27(36)28-14-20-21-22(39-16-38-21)24(28)41-31(23(28)26(35)40-20)15-18-5-3-17(4-6-18)7-12-37-13-11-33/h3-7,12,19-24,32-33H,1-2,8-11,13-16H2,(H,29,34). The monoisotopic (exact) mass is 573 g/mol. The summed E-state index contributed by atoms with van der Waals surface area (Å²) in [5.74, 6) is -1.21. The van der Waals surface area contributed by atoms with E-state index in [0.29, 0.717) is 19.4 Å². The highest BCUT2D eigenvalue weighted by atomic mass is 16.8. The van der Waals surface area contributed by atoms with Crippen LogP contribution in [0.5, 0.6) is 0 Å². The lowest BCUT2D eigenvalue weighted by atomic mass is 9.62. The zero-order valence-corrected chi connectivity index (χ0v) is 22.6. The van der Waals surface area contributed by atoms with Crippen molar-refractivity contribution < 1.29 is 48.4 Å². The van der Waals surface area contributed by atoms with Gasteiger partial charge in [-0.25, -0.2) is 0 Å². The molecule has 41 heavy (non-hydrogen) atoms. The van der Waals surface area contributed by atoms with Crippen LogP contribution in [0.25, 0.3) is 6.08 Å². The first-order valence-electron chi connectivity index (χ1n) is 14.0. The quantitative estimate of drug-likeness (QED) is 0.185. The second-order valence-electron chi connectivity index (χ2n) is 10.9. The van der Waals surface area contributed by atoms with Crippen molar-refractivity contribution in [3.8, 4) is 0 Å². The molecule has 7 unspecified atom stereocenters. The molecule has 0 spiro atoms. The number of hydrogen-bond acceptors (Lipinski definition) is 11. The molecule has 4 aliphatic heterocycles. The van der Waals surface area contributed by atoms with Gasteiger partial charge in [0.2, 0.25) is 11.8 Å². The van der Waals surface area contributed by atoms with Gasteiger partial charge in [0.15, 0.2) is 6.04 Å². The second-order valence-corrected chi connectivity index (χ2v) is 10.9. The summed E-state index contributed by atoms with van der Waals surface area (Å²) in [6.45, 7) is 0.625. The van der Waals surface area contributed by atoms with Gasteiger partial charge in [0.1, 0.15) is 49.3 Å². The SMILES string of the molecule is O=C(NCCO)C1CCCN1C(=O)C12CC3OC(=O)C1N(Cc1ccc(C=COCCO)cc1)OC2C1OCOC31. The maximum Gasteiger partial charge on any atom is 0.327 e. The number of carbonyl (C=O) groups is 3. The third kappa shape index (κ3) is 4.90. The predicted octanol–water partition coefficient (Wildman–Crippen LogP) is -0.693. The van der Waals surface area contributed by atoms with E-state index in [1.54, 1.807) is 11.0 Å². The lowest BCUT2D eigenvalue weighted by Gasteiger charge is -2.50. The third-order valence-electron chi connectivity index (χ3n) is 8.58. The van der Waals surface area contributed by atoms with Crippen molar-refractivity contribution in [2.75, 3.05) is 39.7 Å². The van der Waals surface area contributed by atoms with Crippen LogP contribution in [0, 0.1) is 5.41 Å².